The molecule has 0 saturated carbocycles. The number of rotatable bonds is 8. The molecule has 0 fully saturated rings. The van der Waals surface area contributed by atoms with E-state index in [1.54, 1.807) is 9.12 Å². The molecule has 0 aliphatic heterocycles. The van der Waals surface area contributed by atoms with Gasteiger partial charge in [0.1, 0.15) is 22.3 Å². The first-order valence-corrected chi connectivity index (χ1v) is 13.3. The minimum atomic E-state index is -4.30. The van der Waals surface area contributed by atoms with E-state index in [1.807, 2.05) is 0 Å². The van der Waals surface area contributed by atoms with Crippen molar-refractivity contribution in [1.82, 2.24) is 0 Å². The van der Waals surface area contributed by atoms with Crippen molar-refractivity contribution in [3.63, 3.8) is 0 Å². The van der Waals surface area contributed by atoms with Gasteiger partial charge in [0, 0.05) is 32.0 Å². The fraction of sp³-hybridized carbons (Fsp3) is 1.00. The Bertz CT molecular complexity index is 624. The normalized spacial score (nSPS) is 10.7. The predicted molar refractivity (Wildman–Crippen MR) is 139 cm³/mol. The van der Waals surface area contributed by atoms with E-state index in [0.717, 1.165) is 0 Å². The molecule has 1 N–H and O–H groups in total. The van der Waals surface area contributed by atoms with Gasteiger partial charge in [0.05, 0.1) is 14.4 Å². The van der Waals surface area contributed by atoms with Gasteiger partial charge in [-0.1, -0.05) is 14.9 Å². The third-order valence-corrected chi connectivity index (χ3v) is 2.62. The van der Waals surface area contributed by atoms with E-state index < -0.39 is 94.4 Å². The molecule has 0 aromatic heterocycles. The van der Waals surface area contributed by atoms with Crippen LogP contribution in [0.5, 0.6) is 0 Å². The Morgan fingerprint density at radius 2 is 1.12 bits per heavy atom. The first-order chi connectivity index (χ1) is 18.4. The number of aliphatic hydroxyl groups is 1. The molecule has 0 aliphatic rings. The molecule has 7 nitrogen and oxygen atoms in total. The topological polar surface area (TPSA) is 115 Å². The highest BCUT2D eigenvalue weighted by Gasteiger charge is 2.42. The van der Waals surface area contributed by atoms with Crippen LogP contribution < -0.4 is 0 Å². The lowest BCUT2D eigenvalue weighted by molar-refractivity contribution is -0.153. The van der Waals surface area contributed by atoms with Crippen LogP contribution in [-0.2, 0) is 39.8 Å². The number of hydrogen-bond acceptors (Lipinski definition) is 7. The largest absolute Gasteiger partial charge is 0.390 e. The van der Waals surface area contributed by atoms with Gasteiger partial charge in [-0.3, -0.25) is 17.9 Å². The highest BCUT2D eigenvalue weighted by atomic mass is 36.0. The van der Waals surface area contributed by atoms with Gasteiger partial charge < -0.3 is 5.11 Å². The molecule has 270 valence electrons. The molecule has 0 aromatic carbocycles. The molecule has 30 heteroatoms. The Hall–Kier alpha value is 0.610. The fourth-order valence-electron chi connectivity index (χ4n) is 0.315. The van der Waals surface area contributed by atoms with Gasteiger partial charge in [-0.2, -0.15) is 34.8 Å². The van der Waals surface area contributed by atoms with E-state index in [4.69, 9.17) is 28.4 Å². The van der Waals surface area contributed by atoms with Crippen molar-refractivity contribution in [3.8, 4) is 0 Å². The van der Waals surface area contributed by atoms with Crippen molar-refractivity contribution in [3.05, 3.63) is 0 Å². The first kappa shape index (κ1) is 65.3. The summed E-state index contributed by atoms with van der Waals surface area (Å²) in [4.78, 5) is 0. The van der Waals surface area contributed by atoms with E-state index >= 15 is 0 Å². The number of halogens is 19. The Labute approximate surface area is 269 Å². The highest BCUT2D eigenvalue weighted by Crippen LogP contribution is 2.24. The second-order valence-corrected chi connectivity index (χ2v) is 8.49. The van der Waals surface area contributed by atoms with E-state index in [9.17, 15) is 61.3 Å². The molecule has 42 heavy (non-hydrogen) atoms. The molecule has 0 saturated heterocycles. The lowest BCUT2D eigenvalue weighted by Gasteiger charge is -2.12. The van der Waals surface area contributed by atoms with Crippen LogP contribution in [0.3, 0.4) is 0 Å². The zero-order valence-corrected chi connectivity index (χ0v) is 25.2. The lowest BCUT2D eigenvalue weighted by atomic mass is 10.4. The van der Waals surface area contributed by atoms with Crippen molar-refractivity contribution in [1.29, 1.82) is 1.45 Å². The van der Waals surface area contributed by atoms with Gasteiger partial charge in [-0.05, 0) is 0 Å². The molecule has 0 aromatic rings. The quantitative estimate of drug-likeness (QED) is 0.114. The second kappa shape index (κ2) is 46.0. The molecular formula is C12H24Cl5F14O7PS3. The Morgan fingerprint density at radius 1 is 0.905 bits per heavy atom. The molecule has 0 rings (SSSR count). The fourth-order valence-corrected chi connectivity index (χ4v) is 0.815. The first-order valence-electron chi connectivity index (χ1n) is 8.09. The maximum Gasteiger partial charge on any atom is 0.335 e. The molecular weight excluding hydrogens is 827 g/mol. The van der Waals surface area contributed by atoms with E-state index in [1.165, 1.54) is 0 Å². The highest BCUT2D eigenvalue weighted by molar-refractivity contribution is 8.26. The van der Waals surface area contributed by atoms with Crippen LogP contribution in [0, 0.1) is 0 Å². The molecule has 1 atom stereocenters. The summed E-state index contributed by atoms with van der Waals surface area (Å²) in [5.74, 6) is -13.9. The molecule has 0 amide bonds. The maximum absolute atomic E-state index is 11.8. The van der Waals surface area contributed by atoms with Crippen molar-refractivity contribution >= 4 is 96.3 Å². The zero-order valence-electron chi connectivity index (χ0n) is 19.9. The summed E-state index contributed by atoms with van der Waals surface area (Å²) in [6.07, 6.45) is -11.3. The van der Waals surface area contributed by atoms with Crippen LogP contribution in [-0.4, -0.2) is 86.7 Å². The van der Waals surface area contributed by atoms with E-state index in [-0.39, 0.29) is 27.3 Å². The second-order valence-electron chi connectivity index (χ2n) is 4.19. The van der Waals surface area contributed by atoms with Gasteiger partial charge in [-0.25, -0.2) is 34.8 Å². The zero-order chi connectivity index (χ0) is 35.6. The van der Waals surface area contributed by atoms with Gasteiger partial charge in [0.25, 0.3) is 11.7 Å². The van der Waals surface area contributed by atoms with Gasteiger partial charge in [-0.15, -0.1) is 24.0 Å². The molecule has 1 unspecified atom stereocenters. The standard InChI is InChI=1S/C3H3ClF4O2S.C3H3ClF4.C3H4F4O.CH3F.2CH4.Cl2OS.ClH.FH.O2S.HOP/c4-11(9)10-1-3(7,8)2(5)6;4-1-3(7,8)2(5)6;4-2(5)3(6,7)1-8;1-2;;;1-4(2)3;;;1-3-2;1-2/h2H,1H2;2H,1H2;2,8H,1H2;1H3;2*1H4;;2*1H;;2H/i;;;1D;;;;;;;/hT. The lowest BCUT2D eigenvalue weighted by Crippen LogP contribution is -2.32. The summed E-state index contributed by atoms with van der Waals surface area (Å²) in [6, 6.07) is 0. The smallest absolute Gasteiger partial charge is 0.335 e. The molecule has 0 spiro atoms. The van der Waals surface area contributed by atoms with Gasteiger partial charge in [0.2, 0.25) is 9.23 Å². The summed E-state index contributed by atoms with van der Waals surface area (Å²) in [6.45, 7) is -3.45. The molecule has 0 bridgehead atoms. The summed E-state index contributed by atoms with van der Waals surface area (Å²) in [7, 11) is 10.2. The summed E-state index contributed by atoms with van der Waals surface area (Å²) < 4.78 is 211. The summed E-state index contributed by atoms with van der Waals surface area (Å²) >= 11 is 3.71. The summed E-state index contributed by atoms with van der Waals surface area (Å²) in [5.41, 5.74) is 0. The molecule has 0 radical (unpaired) electrons. The Balaban J connectivity index is -0.0000000334. The van der Waals surface area contributed by atoms with Crippen LogP contribution in [0.15, 0.2) is 0 Å². The number of hydrogen-bond donors (Lipinski definition) is 1. The minimum absolute atomic E-state index is 0. The average molecular weight is 854 g/mol. The van der Waals surface area contributed by atoms with E-state index in [2.05, 4.69) is 49.3 Å². The monoisotopic (exact) mass is 851 g/mol. The van der Waals surface area contributed by atoms with Crippen LogP contribution in [0.25, 0.3) is 0 Å². The third kappa shape index (κ3) is 68.0. The van der Waals surface area contributed by atoms with Gasteiger partial charge >= 0.3 is 48.6 Å². The van der Waals surface area contributed by atoms with E-state index in [0.29, 0.717) is 0 Å². The Morgan fingerprint density at radius 3 is 1.19 bits per heavy atom. The van der Waals surface area contributed by atoms with Crippen molar-refractivity contribution in [2.45, 2.75) is 51.9 Å². The van der Waals surface area contributed by atoms with Crippen molar-refractivity contribution < 1.29 is 93.9 Å². The molecule has 0 heterocycles. The average Bonchev–Trinajstić information content (AvgIpc) is 2.86. The van der Waals surface area contributed by atoms with Crippen molar-refractivity contribution in [2.75, 3.05) is 26.2 Å². The van der Waals surface area contributed by atoms with Crippen LogP contribution in [0.2, 0.25) is 0 Å². The predicted octanol–water partition coefficient (Wildman–Crippen LogP) is 8.01. The maximum atomic E-state index is 11.8. The SMILES string of the molecule is C.C.Cl.FC(F)C(F)(F)CCl.O=P.O=S(Cl)Cl.O=S(Cl)OCC(F)(F)C(F)F.O=S=O.OCC(F)(F)C(F)F.[2H]CF.[3H]F. The van der Waals surface area contributed by atoms with Crippen molar-refractivity contribution in [2.24, 2.45) is 0 Å². The van der Waals surface area contributed by atoms with Crippen LogP contribution in [0.1, 0.15) is 16.2 Å². The number of aliphatic hydroxyl groups excluding tert-OH is 1. The summed E-state index contributed by atoms with van der Waals surface area (Å²) in [5, 5.41) is 7.53. The van der Waals surface area contributed by atoms with Gasteiger partial charge in [0.15, 0.2) is 0 Å². The number of alkyl halides is 14. The Kier molecular flexibility index (Phi) is 71.6. The van der Waals surface area contributed by atoms with Crippen LogP contribution >= 0.6 is 65.2 Å². The third-order valence-electron chi connectivity index (χ3n) is 1.69. The minimum Gasteiger partial charge on any atom is -0.390 e. The molecule has 0 aliphatic carbocycles. The van der Waals surface area contributed by atoms with Crippen LogP contribution in [0.4, 0.5) is 61.8 Å².